The molecule has 0 unspecified atom stereocenters. The zero-order valence-electron chi connectivity index (χ0n) is 19.6. The number of amides is 1. The van der Waals surface area contributed by atoms with Crippen molar-refractivity contribution in [2.24, 2.45) is 0 Å². The molecule has 4 rings (SSSR count). The molecule has 1 fully saturated rings. The Labute approximate surface area is 190 Å². The quantitative estimate of drug-likeness (QED) is 0.568. The number of aromatic nitrogens is 2. The van der Waals surface area contributed by atoms with Crippen molar-refractivity contribution < 1.29 is 9.53 Å². The summed E-state index contributed by atoms with van der Waals surface area (Å²) in [5.74, 6) is 0.835. The predicted molar refractivity (Wildman–Crippen MR) is 129 cm³/mol. The first kappa shape index (κ1) is 22.2. The Kier molecular flexibility index (Phi) is 6.40. The average molecular weight is 435 g/mol. The van der Waals surface area contributed by atoms with Crippen molar-refractivity contribution in [3.63, 3.8) is 0 Å². The van der Waals surface area contributed by atoms with E-state index in [9.17, 15) is 4.79 Å². The molecule has 1 aliphatic heterocycles. The lowest BCUT2D eigenvalue weighted by Crippen LogP contribution is -2.49. The number of para-hydroxylation sites is 2. The minimum absolute atomic E-state index is 0.0891. The van der Waals surface area contributed by atoms with Crippen LogP contribution in [-0.4, -0.2) is 45.3 Å². The summed E-state index contributed by atoms with van der Waals surface area (Å²) >= 11 is 0. The molecular weight excluding hydrogens is 400 g/mol. The molecule has 1 saturated heterocycles. The monoisotopic (exact) mass is 434 g/mol. The molecule has 1 aromatic heterocycles. The lowest BCUT2D eigenvalue weighted by Gasteiger charge is -2.36. The number of nitrogens with one attached hydrogen (secondary N) is 1. The van der Waals surface area contributed by atoms with Crippen LogP contribution in [0, 0.1) is 6.92 Å². The number of piperidine rings is 1. The van der Waals surface area contributed by atoms with E-state index in [1.165, 1.54) is 11.1 Å². The number of anilines is 1. The van der Waals surface area contributed by atoms with Crippen molar-refractivity contribution in [2.75, 3.05) is 18.4 Å². The van der Waals surface area contributed by atoms with E-state index in [2.05, 4.69) is 47.1 Å². The van der Waals surface area contributed by atoms with Crippen LogP contribution in [0.4, 0.5) is 10.7 Å². The van der Waals surface area contributed by atoms with E-state index in [4.69, 9.17) is 9.72 Å². The highest BCUT2D eigenvalue weighted by Gasteiger charge is 2.30. The number of benzene rings is 2. The van der Waals surface area contributed by atoms with Gasteiger partial charge in [0.05, 0.1) is 23.6 Å². The number of carbonyl (C=O) groups excluding carboxylic acids is 1. The molecule has 2 heterocycles. The van der Waals surface area contributed by atoms with Gasteiger partial charge in [0, 0.05) is 13.1 Å². The van der Waals surface area contributed by atoms with Gasteiger partial charge in [-0.1, -0.05) is 42.0 Å². The first-order valence-electron chi connectivity index (χ1n) is 11.5. The summed E-state index contributed by atoms with van der Waals surface area (Å²) in [7, 11) is 0. The van der Waals surface area contributed by atoms with Gasteiger partial charge in [-0.2, -0.15) is 0 Å². The maximum Gasteiger partial charge on any atom is 0.410 e. The van der Waals surface area contributed by atoms with E-state index in [1.807, 2.05) is 43.9 Å². The number of ether oxygens (including phenoxy) is 1. The Morgan fingerprint density at radius 1 is 1.12 bits per heavy atom. The van der Waals surface area contributed by atoms with Gasteiger partial charge in [-0.3, -0.25) is 0 Å². The Morgan fingerprint density at radius 2 is 1.88 bits per heavy atom. The van der Waals surface area contributed by atoms with E-state index in [0.717, 1.165) is 49.3 Å². The van der Waals surface area contributed by atoms with Gasteiger partial charge in [0.25, 0.3) is 0 Å². The molecule has 170 valence electrons. The summed E-state index contributed by atoms with van der Waals surface area (Å²) in [5.41, 5.74) is 4.06. The number of likely N-dealkylation sites (tertiary alicyclic amines) is 1. The molecule has 3 aromatic rings. The summed E-state index contributed by atoms with van der Waals surface area (Å²) in [6, 6.07) is 16.9. The first-order valence-corrected chi connectivity index (χ1v) is 11.5. The van der Waals surface area contributed by atoms with Crippen LogP contribution in [-0.2, 0) is 11.3 Å². The van der Waals surface area contributed by atoms with Crippen LogP contribution in [0.3, 0.4) is 0 Å². The van der Waals surface area contributed by atoms with Gasteiger partial charge in [-0.05, 0) is 64.7 Å². The van der Waals surface area contributed by atoms with E-state index in [0.29, 0.717) is 6.54 Å². The van der Waals surface area contributed by atoms with Gasteiger partial charge >= 0.3 is 6.09 Å². The van der Waals surface area contributed by atoms with Gasteiger partial charge in [0.2, 0.25) is 5.95 Å². The second-order valence-electron chi connectivity index (χ2n) is 9.70. The number of nitrogens with zero attached hydrogens (tertiary/aromatic N) is 3. The zero-order valence-corrected chi connectivity index (χ0v) is 19.6. The number of rotatable bonds is 5. The predicted octanol–water partition coefficient (Wildman–Crippen LogP) is 5.59. The Bertz CT molecular complexity index is 1070. The first-order chi connectivity index (χ1) is 15.3. The molecule has 1 aliphatic rings. The van der Waals surface area contributed by atoms with Crippen LogP contribution in [0.25, 0.3) is 11.0 Å². The molecule has 6 nitrogen and oxygen atoms in total. The van der Waals surface area contributed by atoms with Crippen LogP contribution >= 0.6 is 0 Å². The Hall–Kier alpha value is -3.02. The molecule has 0 spiro atoms. The fourth-order valence-electron chi connectivity index (χ4n) is 4.23. The van der Waals surface area contributed by atoms with Gasteiger partial charge in [-0.15, -0.1) is 0 Å². The van der Waals surface area contributed by atoms with Crippen molar-refractivity contribution in [3.05, 3.63) is 59.7 Å². The second-order valence-corrected chi connectivity index (χ2v) is 9.70. The minimum Gasteiger partial charge on any atom is -0.444 e. The van der Waals surface area contributed by atoms with Crippen molar-refractivity contribution in [3.8, 4) is 0 Å². The number of hydrogen-bond acceptors (Lipinski definition) is 4. The Balaban J connectivity index is 1.54. The molecule has 1 N–H and O–H groups in total. The molecule has 0 aliphatic carbocycles. The summed E-state index contributed by atoms with van der Waals surface area (Å²) in [6.45, 7) is 9.96. The highest BCUT2D eigenvalue weighted by atomic mass is 16.6. The van der Waals surface area contributed by atoms with Gasteiger partial charge in [-0.25, -0.2) is 9.78 Å². The summed E-state index contributed by atoms with van der Waals surface area (Å²) in [4.78, 5) is 19.5. The van der Waals surface area contributed by atoms with Crippen molar-refractivity contribution in [1.82, 2.24) is 14.5 Å². The fraction of sp³-hybridized carbons (Fsp3) is 0.462. The number of aryl methyl sites for hydroxylation is 1. The third-order valence-electron chi connectivity index (χ3n) is 5.87. The topological polar surface area (TPSA) is 59.4 Å². The smallest absolute Gasteiger partial charge is 0.410 e. The second kappa shape index (κ2) is 9.23. The van der Waals surface area contributed by atoms with Crippen molar-refractivity contribution in [1.29, 1.82) is 0 Å². The molecule has 32 heavy (non-hydrogen) atoms. The molecule has 6 heteroatoms. The number of imidazole rings is 1. The number of fused-ring (bicyclic) bond motifs is 1. The highest BCUT2D eigenvalue weighted by molar-refractivity contribution is 5.78. The summed E-state index contributed by atoms with van der Waals surface area (Å²) < 4.78 is 7.88. The SMILES string of the molecule is Cc1ccc(Cn2c(NC[C@@H]3CCCCN3C(=O)OC(C)(C)C)nc3ccccc32)cc1. The minimum atomic E-state index is -0.492. The molecular formula is C26H34N4O2. The maximum atomic E-state index is 12.8. The lowest BCUT2D eigenvalue weighted by atomic mass is 10.0. The maximum absolute atomic E-state index is 12.8. The van der Waals surface area contributed by atoms with Crippen LogP contribution in [0.2, 0.25) is 0 Å². The number of carbonyl (C=O) groups is 1. The van der Waals surface area contributed by atoms with Crippen LogP contribution in [0.5, 0.6) is 0 Å². The average Bonchev–Trinajstić information content (AvgIpc) is 3.10. The number of hydrogen-bond donors (Lipinski definition) is 1. The van der Waals surface area contributed by atoms with Gasteiger partial charge in [0.15, 0.2) is 0 Å². The van der Waals surface area contributed by atoms with Gasteiger partial charge in [0.1, 0.15) is 5.60 Å². The molecule has 0 radical (unpaired) electrons. The van der Waals surface area contributed by atoms with Gasteiger partial charge < -0.3 is 19.5 Å². The molecule has 1 atom stereocenters. The summed E-state index contributed by atoms with van der Waals surface area (Å²) in [5, 5.41) is 3.55. The molecule has 0 saturated carbocycles. The van der Waals surface area contributed by atoms with Crippen LogP contribution in [0.15, 0.2) is 48.5 Å². The van der Waals surface area contributed by atoms with Crippen molar-refractivity contribution >= 4 is 23.1 Å². The lowest BCUT2D eigenvalue weighted by molar-refractivity contribution is 0.0114. The normalized spacial score (nSPS) is 16.9. The van der Waals surface area contributed by atoms with E-state index in [1.54, 1.807) is 0 Å². The third-order valence-corrected chi connectivity index (χ3v) is 5.87. The third kappa shape index (κ3) is 5.23. The molecule has 0 bridgehead atoms. The van der Waals surface area contributed by atoms with E-state index >= 15 is 0 Å². The van der Waals surface area contributed by atoms with E-state index < -0.39 is 5.60 Å². The largest absolute Gasteiger partial charge is 0.444 e. The molecule has 1 amide bonds. The van der Waals surface area contributed by atoms with E-state index in [-0.39, 0.29) is 12.1 Å². The Morgan fingerprint density at radius 3 is 2.62 bits per heavy atom. The molecule has 2 aromatic carbocycles. The zero-order chi connectivity index (χ0) is 22.7. The van der Waals surface area contributed by atoms with Crippen LogP contribution in [0.1, 0.15) is 51.2 Å². The standard InChI is InChI=1S/C26H34N4O2/c1-19-12-14-20(15-13-19)18-30-23-11-6-5-10-22(23)28-24(30)27-17-21-9-7-8-16-29(21)25(31)32-26(2,3)4/h5-6,10-15,21H,7-9,16-18H2,1-4H3,(H,27,28)/t21-/m0/s1. The highest BCUT2D eigenvalue weighted by Crippen LogP contribution is 2.24. The van der Waals surface area contributed by atoms with Crippen molar-refractivity contribution in [2.45, 2.75) is 65.1 Å². The van der Waals surface area contributed by atoms with Crippen LogP contribution < -0.4 is 5.32 Å². The fourth-order valence-corrected chi connectivity index (χ4v) is 4.23. The summed E-state index contributed by atoms with van der Waals surface area (Å²) in [6.07, 6.45) is 2.87.